The van der Waals surface area contributed by atoms with Crippen molar-refractivity contribution in [2.24, 2.45) is 0 Å². The zero-order valence-corrected chi connectivity index (χ0v) is 15.0. The van der Waals surface area contributed by atoms with Crippen LogP contribution in [0.1, 0.15) is 32.8 Å². The zero-order valence-electron chi connectivity index (χ0n) is 15.0. The molecule has 26 heavy (non-hydrogen) atoms. The van der Waals surface area contributed by atoms with Crippen LogP contribution in [0.15, 0.2) is 26.1 Å². The Labute approximate surface area is 148 Å². The van der Waals surface area contributed by atoms with E-state index in [4.69, 9.17) is 4.74 Å². The molecule has 9 heteroatoms. The van der Waals surface area contributed by atoms with Gasteiger partial charge in [0, 0.05) is 18.7 Å². The summed E-state index contributed by atoms with van der Waals surface area (Å²) >= 11 is 0. The number of hydrogen-bond acceptors (Lipinski definition) is 6. The number of fused-ring (bicyclic) bond motifs is 1. The first-order valence-electron chi connectivity index (χ1n) is 8.00. The van der Waals surface area contributed by atoms with Gasteiger partial charge in [-0.2, -0.15) is 0 Å². The Morgan fingerprint density at radius 3 is 2.58 bits per heavy atom. The van der Waals surface area contributed by atoms with E-state index >= 15 is 0 Å². The maximum absolute atomic E-state index is 12.0. The summed E-state index contributed by atoms with van der Waals surface area (Å²) in [6.45, 7) is 6.96. The molecule has 140 valence electrons. The quantitative estimate of drug-likeness (QED) is 0.757. The molecule has 0 fully saturated rings. The maximum atomic E-state index is 12.0. The number of ether oxygens (including phenoxy) is 1. The van der Waals surface area contributed by atoms with E-state index in [2.05, 4.69) is 20.0 Å². The van der Waals surface area contributed by atoms with Crippen LogP contribution in [0.5, 0.6) is 0 Å². The number of benzene rings is 1. The van der Waals surface area contributed by atoms with Gasteiger partial charge in [-0.05, 0) is 45.4 Å². The lowest BCUT2D eigenvalue weighted by molar-refractivity contribution is -0.116. The Hall–Kier alpha value is -3.10. The summed E-state index contributed by atoms with van der Waals surface area (Å²) in [5.74, 6) is -1.19. The molecule has 0 bridgehead atoms. The number of alkyl carbamates (subject to hydrolysis) is 1. The monoisotopic (exact) mass is 363 g/mol. The molecule has 1 heterocycles. The van der Waals surface area contributed by atoms with Gasteiger partial charge in [0.15, 0.2) is 0 Å². The van der Waals surface area contributed by atoms with Gasteiger partial charge in [-0.3, -0.25) is 9.78 Å². The number of nitrogens with one attached hydrogen (secondary N) is 3. The van der Waals surface area contributed by atoms with Gasteiger partial charge >= 0.3 is 17.5 Å². The lowest BCUT2D eigenvalue weighted by Gasteiger charge is -2.19. The Kier molecular flexibility index (Phi) is 5.49. The third-order valence-corrected chi connectivity index (χ3v) is 3.39. The molecule has 0 radical (unpaired) electrons. The molecule has 9 nitrogen and oxygen atoms in total. The molecular weight excluding hydrogens is 342 g/mol. The number of rotatable bonds is 4. The molecule has 0 unspecified atom stereocenters. The lowest BCUT2D eigenvalue weighted by Crippen LogP contribution is -2.34. The molecule has 2 rings (SSSR count). The first-order valence-corrected chi connectivity index (χ1v) is 8.00. The molecule has 2 amide bonds. The van der Waals surface area contributed by atoms with Crippen LogP contribution in [0.3, 0.4) is 0 Å². The minimum Gasteiger partial charge on any atom is -0.444 e. The van der Waals surface area contributed by atoms with Crippen molar-refractivity contribution < 1.29 is 18.7 Å². The highest BCUT2D eigenvalue weighted by molar-refractivity contribution is 5.95. The van der Waals surface area contributed by atoms with Crippen LogP contribution in [0.2, 0.25) is 0 Å². The van der Waals surface area contributed by atoms with Crippen molar-refractivity contribution in [3.63, 3.8) is 0 Å². The van der Waals surface area contributed by atoms with Crippen molar-refractivity contribution in [3.8, 4) is 0 Å². The summed E-state index contributed by atoms with van der Waals surface area (Å²) in [4.78, 5) is 49.0. The third kappa shape index (κ3) is 4.95. The Balaban J connectivity index is 2.01. The zero-order chi connectivity index (χ0) is 19.5. The Morgan fingerprint density at radius 1 is 1.23 bits per heavy atom. The topological polar surface area (TPSA) is 130 Å². The van der Waals surface area contributed by atoms with E-state index in [0.29, 0.717) is 16.8 Å². The molecule has 1 aromatic heterocycles. The number of carbonyl (C=O) groups excluding carboxylic acids is 2. The molecule has 0 atom stereocenters. The van der Waals surface area contributed by atoms with Gasteiger partial charge < -0.3 is 19.8 Å². The predicted molar refractivity (Wildman–Crippen MR) is 95.3 cm³/mol. The minimum atomic E-state index is -0.841. The number of aromatic amines is 1. The summed E-state index contributed by atoms with van der Waals surface area (Å²) in [6, 6.07) is 3.08. The van der Waals surface area contributed by atoms with Crippen molar-refractivity contribution in [2.45, 2.75) is 39.7 Å². The molecule has 3 N–H and O–H groups in total. The molecule has 0 aliphatic heterocycles. The number of aromatic nitrogens is 1. The van der Waals surface area contributed by atoms with Crippen molar-refractivity contribution in [1.82, 2.24) is 10.3 Å². The molecule has 0 aliphatic carbocycles. The molecule has 0 aliphatic rings. The van der Waals surface area contributed by atoms with Crippen LogP contribution >= 0.6 is 0 Å². The highest BCUT2D eigenvalue weighted by Crippen LogP contribution is 2.21. The lowest BCUT2D eigenvalue weighted by atomic mass is 10.1. The van der Waals surface area contributed by atoms with E-state index in [1.165, 1.54) is 6.07 Å². The standard InChI is InChI=1S/C17H21N3O6/c1-9-10(5-6-11-13(9)14(22)25-16(24)20-11)19-12(21)7-8-18-15(23)26-17(2,3)4/h5-6H,7-8H2,1-4H3,(H,18,23)(H,19,21)(H,20,24). The van der Waals surface area contributed by atoms with Crippen molar-refractivity contribution in [3.05, 3.63) is 38.7 Å². The molecule has 0 spiro atoms. The smallest absolute Gasteiger partial charge is 0.419 e. The first-order chi connectivity index (χ1) is 12.1. The van der Waals surface area contributed by atoms with Crippen LogP contribution in [0.25, 0.3) is 10.9 Å². The average Bonchev–Trinajstić information content (AvgIpc) is 2.47. The summed E-state index contributed by atoms with van der Waals surface area (Å²) < 4.78 is 9.59. The normalized spacial score (nSPS) is 11.2. The molecule has 1 aromatic carbocycles. The van der Waals surface area contributed by atoms with Gasteiger partial charge in [-0.15, -0.1) is 0 Å². The van der Waals surface area contributed by atoms with E-state index in [1.807, 2.05) is 0 Å². The maximum Gasteiger partial charge on any atom is 0.419 e. The van der Waals surface area contributed by atoms with Crippen LogP contribution in [0.4, 0.5) is 10.5 Å². The van der Waals surface area contributed by atoms with Crippen LogP contribution < -0.4 is 22.0 Å². The van der Waals surface area contributed by atoms with E-state index in [9.17, 15) is 19.2 Å². The van der Waals surface area contributed by atoms with Crippen LogP contribution in [-0.4, -0.2) is 29.1 Å². The van der Waals surface area contributed by atoms with E-state index in [0.717, 1.165) is 0 Å². The van der Waals surface area contributed by atoms with Crippen molar-refractivity contribution in [1.29, 1.82) is 0 Å². The second-order valence-electron chi connectivity index (χ2n) is 6.69. The van der Waals surface area contributed by atoms with Gasteiger partial charge in [0.25, 0.3) is 0 Å². The van der Waals surface area contributed by atoms with Crippen molar-refractivity contribution >= 4 is 28.6 Å². The van der Waals surface area contributed by atoms with E-state index in [-0.39, 0.29) is 24.3 Å². The summed E-state index contributed by atoms with van der Waals surface area (Å²) in [7, 11) is 0. The number of hydrogen-bond donors (Lipinski definition) is 3. The highest BCUT2D eigenvalue weighted by Gasteiger charge is 2.16. The first kappa shape index (κ1) is 19.2. The fourth-order valence-electron chi connectivity index (χ4n) is 2.29. The highest BCUT2D eigenvalue weighted by atomic mass is 16.6. The van der Waals surface area contributed by atoms with Gasteiger partial charge in [0.1, 0.15) is 5.60 Å². The third-order valence-electron chi connectivity index (χ3n) is 3.39. The number of H-pyrrole nitrogens is 1. The molecule has 0 saturated heterocycles. The number of amides is 2. The van der Waals surface area contributed by atoms with E-state index in [1.54, 1.807) is 33.8 Å². The van der Waals surface area contributed by atoms with Gasteiger partial charge in [-0.1, -0.05) is 0 Å². The fourth-order valence-corrected chi connectivity index (χ4v) is 2.29. The Bertz CT molecular complexity index is 952. The van der Waals surface area contributed by atoms with Gasteiger partial charge in [0.05, 0.1) is 10.9 Å². The Morgan fingerprint density at radius 2 is 1.92 bits per heavy atom. The largest absolute Gasteiger partial charge is 0.444 e. The molecular formula is C17H21N3O6. The number of aryl methyl sites for hydroxylation is 1. The summed E-state index contributed by atoms with van der Waals surface area (Å²) in [6.07, 6.45) is -0.578. The molecule has 0 saturated carbocycles. The van der Waals surface area contributed by atoms with Gasteiger partial charge in [0.2, 0.25) is 5.91 Å². The summed E-state index contributed by atoms with van der Waals surface area (Å²) in [5, 5.41) is 5.34. The summed E-state index contributed by atoms with van der Waals surface area (Å²) in [5.41, 5.74) is -0.172. The second-order valence-corrected chi connectivity index (χ2v) is 6.69. The SMILES string of the molecule is Cc1c(NC(=O)CCNC(=O)OC(C)(C)C)ccc2[nH]c(=O)oc(=O)c12. The van der Waals surface area contributed by atoms with Crippen LogP contribution in [0, 0.1) is 6.92 Å². The van der Waals surface area contributed by atoms with E-state index < -0.39 is 23.1 Å². The van der Waals surface area contributed by atoms with Crippen molar-refractivity contribution in [2.75, 3.05) is 11.9 Å². The average molecular weight is 363 g/mol. The fraction of sp³-hybridized carbons (Fsp3) is 0.412. The molecule has 2 aromatic rings. The number of carbonyl (C=O) groups is 2. The van der Waals surface area contributed by atoms with Crippen LogP contribution in [-0.2, 0) is 9.53 Å². The predicted octanol–water partition coefficient (Wildman–Crippen LogP) is 1.64. The van der Waals surface area contributed by atoms with Gasteiger partial charge in [-0.25, -0.2) is 14.4 Å². The second kappa shape index (κ2) is 7.42. The number of anilines is 1. The minimum absolute atomic E-state index is 0.0248.